The summed E-state index contributed by atoms with van der Waals surface area (Å²) in [6.45, 7) is 10.8. The standard InChI is InChI=1S/C22H27N5O3/c1-7-30-17-11-9-8-10-16(17)26-14(4)15(5)27-18-19(23-21(26)27)24(6)22(29)25(20(18)28)12-13(2)3/h8-11,13H,7,12H2,1-6H3. The number of rotatable bonds is 5. The van der Waals surface area contributed by atoms with Crippen molar-refractivity contribution in [3.05, 3.63) is 56.5 Å². The molecule has 0 aliphatic rings. The highest BCUT2D eigenvalue weighted by Gasteiger charge is 2.24. The molecule has 1 aromatic carbocycles. The SMILES string of the molecule is CCOc1ccccc1-n1c(C)c(C)n2c3c(=O)n(CC(C)C)c(=O)n(C)c3nc12. The Kier molecular flexibility index (Phi) is 4.80. The molecule has 3 aromatic heterocycles. The summed E-state index contributed by atoms with van der Waals surface area (Å²) in [6, 6.07) is 7.75. The summed E-state index contributed by atoms with van der Waals surface area (Å²) in [5.41, 5.74) is 2.83. The van der Waals surface area contributed by atoms with Crippen LogP contribution >= 0.6 is 0 Å². The van der Waals surface area contributed by atoms with Crippen molar-refractivity contribution < 1.29 is 4.74 Å². The molecule has 4 aromatic rings. The van der Waals surface area contributed by atoms with E-state index in [1.165, 1.54) is 9.13 Å². The van der Waals surface area contributed by atoms with Crippen LogP contribution in [0.4, 0.5) is 0 Å². The largest absolute Gasteiger partial charge is 0.492 e. The fraction of sp³-hybridized carbons (Fsp3) is 0.409. The van der Waals surface area contributed by atoms with Crippen LogP contribution in [0.25, 0.3) is 22.6 Å². The summed E-state index contributed by atoms with van der Waals surface area (Å²) in [5, 5.41) is 0. The van der Waals surface area contributed by atoms with Crippen LogP contribution in [0.3, 0.4) is 0 Å². The average Bonchev–Trinajstić information content (AvgIpc) is 3.20. The predicted molar refractivity (Wildman–Crippen MR) is 117 cm³/mol. The van der Waals surface area contributed by atoms with Crippen molar-refractivity contribution in [3.63, 3.8) is 0 Å². The Morgan fingerprint density at radius 1 is 1.10 bits per heavy atom. The van der Waals surface area contributed by atoms with Crippen molar-refractivity contribution in [1.29, 1.82) is 0 Å². The van der Waals surface area contributed by atoms with Crippen LogP contribution in [0.1, 0.15) is 32.2 Å². The molecule has 0 saturated heterocycles. The third-order valence-corrected chi connectivity index (χ3v) is 5.47. The zero-order chi connectivity index (χ0) is 21.7. The number of nitrogens with zero attached hydrogens (tertiary/aromatic N) is 5. The second-order valence-corrected chi connectivity index (χ2v) is 7.98. The summed E-state index contributed by atoms with van der Waals surface area (Å²) in [7, 11) is 1.66. The van der Waals surface area contributed by atoms with Gasteiger partial charge in [-0.15, -0.1) is 0 Å². The maximum Gasteiger partial charge on any atom is 0.332 e. The van der Waals surface area contributed by atoms with Crippen molar-refractivity contribution in [3.8, 4) is 11.4 Å². The molecular weight excluding hydrogens is 382 g/mol. The molecule has 0 aliphatic carbocycles. The minimum absolute atomic E-state index is 0.168. The van der Waals surface area contributed by atoms with Gasteiger partial charge >= 0.3 is 5.69 Å². The molecule has 0 fully saturated rings. The Balaban J connectivity index is 2.15. The van der Waals surface area contributed by atoms with Crippen molar-refractivity contribution in [2.45, 2.75) is 41.2 Å². The van der Waals surface area contributed by atoms with Crippen LogP contribution in [-0.2, 0) is 13.6 Å². The van der Waals surface area contributed by atoms with Gasteiger partial charge in [0.15, 0.2) is 11.2 Å². The maximum atomic E-state index is 13.3. The molecule has 0 spiro atoms. The van der Waals surface area contributed by atoms with Gasteiger partial charge < -0.3 is 4.74 Å². The van der Waals surface area contributed by atoms with Crippen LogP contribution in [-0.4, -0.2) is 29.7 Å². The first-order valence-corrected chi connectivity index (χ1v) is 10.2. The summed E-state index contributed by atoms with van der Waals surface area (Å²) in [5.74, 6) is 1.49. The third-order valence-electron chi connectivity index (χ3n) is 5.47. The summed E-state index contributed by atoms with van der Waals surface area (Å²) >= 11 is 0. The molecule has 0 saturated carbocycles. The average molecular weight is 409 g/mol. The van der Waals surface area contributed by atoms with Crippen LogP contribution < -0.4 is 16.0 Å². The molecule has 4 rings (SSSR count). The van der Waals surface area contributed by atoms with Gasteiger partial charge in [0.1, 0.15) is 5.75 Å². The predicted octanol–water partition coefficient (Wildman–Crippen LogP) is 2.81. The topological polar surface area (TPSA) is 75.5 Å². The lowest BCUT2D eigenvalue weighted by atomic mass is 10.2. The fourth-order valence-electron chi connectivity index (χ4n) is 3.98. The quantitative estimate of drug-likeness (QED) is 0.508. The summed E-state index contributed by atoms with van der Waals surface area (Å²) < 4.78 is 12.4. The second kappa shape index (κ2) is 7.19. The normalized spacial score (nSPS) is 11.8. The third kappa shape index (κ3) is 2.78. The minimum atomic E-state index is -0.349. The molecule has 30 heavy (non-hydrogen) atoms. The van der Waals surface area contributed by atoms with Gasteiger partial charge in [-0.3, -0.25) is 22.9 Å². The Hall–Kier alpha value is -3.29. The van der Waals surface area contributed by atoms with Crippen LogP contribution in [0.5, 0.6) is 5.75 Å². The van der Waals surface area contributed by atoms with Crippen LogP contribution in [0.15, 0.2) is 33.9 Å². The van der Waals surface area contributed by atoms with E-state index in [2.05, 4.69) is 0 Å². The fourth-order valence-corrected chi connectivity index (χ4v) is 3.98. The number of ether oxygens (including phenoxy) is 1. The lowest BCUT2D eigenvalue weighted by Crippen LogP contribution is -2.40. The molecule has 0 atom stereocenters. The highest BCUT2D eigenvalue weighted by molar-refractivity contribution is 5.77. The Morgan fingerprint density at radius 2 is 1.80 bits per heavy atom. The maximum absolute atomic E-state index is 13.3. The Morgan fingerprint density at radius 3 is 2.47 bits per heavy atom. The molecule has 0 radical (unpaired) electrons. The lowest BCUT2D eigenvalue weighted by Gasteiger charge is -2.12. The van der Waals surface area contributed by atoms with E-state index in [9.17, 15) is 9.59 Å². The van der Waals surface area contributed by atoms with Gasteiger partial charge in [0.05, 0.1) is 12.3 Å². The second-order valence-electron chi connectivity index (χ2n) is 7.98. The number of benzene rings is 1. The molecule has 0 unspecified atom stereocenters. The Labute approximate surface area is 174 Å². The van der Waals surface area contributed by atoms with Gasteiger partial charge in [-0.25, -0.2) is 4.79 Å². The number of hydrogen-bond donors (Lipinski definition) is 0. The highest BCUT2D eigenvalue weighted by Crippen LogP contribution is 2.29. The molecule has 0 amide bonds. The molecule has 0 bridgehead atoms. The Bertz CT molecular complexity index is 1380. The van der Waals surface area contributed by atoms with Crippen LogP contribution in [0, 0.1) is 19.8 Å². The van der Waals surface area contributed by atoms with Crippen molar-refractivity contribution in [2.75, 3.05) is 6.61 Å². The lowest BCUT2D eigenvalue weighted by molar-refractivity contribution is 0.339. The minimum Gasteiger partial charge on any atom is -0.492 e. The molecule has 0 aliphatic heterocycles. The van der Waals surface area contributed by atoms with Crippen molar-refractivity contribution in [1.82, 2.24) is 23.1 Å². The number of fused-ring (bicyclic) bond motifs is 3. The molecule has 158 valence electrons. The van der Waals surface area contributed by atoms with Gasteiger partial charge in [0.2, 0.25) is 5.78 Å². The molecule has 0 N–H and O–H groups in total. The van der Waals surface area contributed by atoms with Gasteiger partial charge in [0, 0.05) is 25.0 Å². The molecule has 8 nitrogen and oxygen atoms in total. The van der Waals surface area contributed by atoms with E-state index < -0.39 is 0 Å². The van der Waals surface area contributed by atoms with Gasteiger partial charge in [-0.2, -0.15) is 4.98 Å². The smallest absolute Gasteiger partial charge is 0.332 e. The first-order valence-electron chi connectivity index (χ1n) is 10.2. The van der Waals surface area contributed by atoms with E-state index in [1.54, 1.807) is 7.05 Å². The van der Waals surface area contributed by atoms with E-state index in [4.69, 9.17) is 9.72 Å². The first-order chi connectivity index (χ1) is 14.3. The van der Waals surface area contributed by atoms with Crippen LogP contribution in [0.2, 0.25) is 0 Å². The number of aryl methyl sites for hydroxylation is 2. The van der Waals surface area contributed by atoms with Gasteiger partial charge in [-0.05, 0) is 38.8 Å². The molecular formula is C22H27N5O3. The van der Waals surface area contributed by atoms with E-state index in [0.717, 1.165) is 22.8 Å². The summed E-state index contributed by atoms with van der Waals surface area (Å²) in [4.78, 5) is 30.9. The van der Waals surface area contributed by atoms with E-state index in [1.807, 2.05) is 67.9 Å². The molecule has 3 heterocycles. The first kappa shape index (κ1) is 20.0. The monoisotopic (exact) mass is 409 g/mol. The number of imidazole rings is 2. The van der Waals surface area contributed by atoms with E-state index in [0.29, 0.717) is 30.1 Å². The zero-order valence-electron chi connectivity index (χ0n) is 18.3. The van der Waals surface area contributed by atoms with Crippen molar-refractivity contribution >= 4 is 16.9 Å². The van der Waals surface area contributed by atoms with E-state index >= 15 is 0 Å². The highest BCUT2D eigenvalue weighted by atomic mass is 16.5. The molecule has 8 heteroatoms. The van der Waals surface area contributed by atoms with Crippen molar-refractivity contribution in [2.24, 2.45) is 13.0 Å². The van der Waals surface area contributed by atoms with Gasteiger partial charge in [0.25, 0.3) is 5.56 Å². The van der Waals surface area contributed by atoms with Gasteiger partial charge in [-0.1, -0.05) is 26.0 Å². The zero-order valence-corrected chi connectivity index (χ0v) is 18.3. The number of hydrogen-bond acceptors (Lipinski definition) is 4. The van der Waals surface area contributed by atoms with E-state index in [-0.39, 0.29) is 17.2 Å². The number of para-hydroxylation sites is 2. The summed E-state index contributed by atoms with van der Waals surface area (Å²) in [6.07, 6.45) is 0. The number of aromatic nitrogens is 5.